The lowest BCUT2D eigenvalue weighted by Crippen LogP contribution is -2.11. The largest absolute Gasteiger partial charge is 0.330 e. The van der Waals surface area contributed by atoms with E-state index in [4.69, 9.17) is 33.5 Å². The number of nitrogens with two attached hydrogens (primary N) is 5. The third-order valence-electron chi connectivity index (χ3n) is 6.88. The van der Waals surface area contributed by atoms with Crippen molar-refractivity contribution in [3.05, 3.63) is 91.0 Å². The number of rotatable bonds is 19. The molecule has 0 saturated carbocycles. The molecule has 11 heteroatoms. The van der Waals surface area contributed by atoms with Crippen LogP contribution < -0.4 is 44.1 Å². The Balaban J connectivity index is 0.000000657. The highest BCUT2D eigenvalue weighted by molar-refractivity contribution is 7.66. The molecule has 3 aromatic rings. The smallest absolute Gasteiger partial charge is 0.0625 e. The van der Waals surface area contributed by atoms with Gasteiger partial charge in [-0.05, 0) is 117 Å². The van der Waals surface area contributed by atoms with Crippen LogP contribution in [0, 0.1) is 22.7 Å². The first-order valence-electron chi connectivity index (χ1n) is 16.3. The van der Waals surface area contributed by atoms with Crippen LogP contribution in [0.4, 0.5) is 0 Å². The average Bonchev–Trinajstić information content (AvgIpc) is 3.14. The topological polar surface area (TPSA) is 178 Å². The molecular formula is C36H57ClN7P3. The van der Waals surface area contributed by atoms with Gasteiger partial charge in [0.25, 0.3) is 0 Å². The Morgan fingerprint density at radius 2 is 0.660 bits per heavy atom. The van der Waals surface area contributed by atoms with Crippen LogP contribution in [0.2, 0.25) is 0 Å². The number of hydrogen-bond donors (Lipinski definition) is 5. The van der Waals surface area contributed by atoms with Crippen LogP contribution in [0.5, 0.6) is 0 Å². The van der Waals surface area contributed by atoms with Gasteiger partial charge in [0.1, 0.15) is 0 Å². The highest BCUT2D eigenvalue weighted by Crippen LogP contribution is 2.37. The van der Waals surface area contributed by atoms with E-state index in [9.17, 15) is 0 Å². The van der Waals surface area contributed by atoms with Crippen molar-refractivity contribution in [2.45, 2.75) is 38.5 Å². The van der Waals surface area contributed by atoms with Crippen LogP contribution in [0.15, 0.2) is 91.0 Å². The van der Waals surface area contributed by atoms with Gasteiger partial charge in [-0.25, -0.2) is 5.25 Å². The van der Waals surface area contributed by atoms with E-state index in [1.165, 1.54) is 40.6 Å². The highest BCUT2D eigenvalue weighted by atomic mass is 35.5. The van der Waals surface area contributed by atoms with Crippen molar-refractivity contribution in [2.75, 3.05) is 63.2 Å². The normalized spacial score (nSPS) is 10.1. The fourth-order valence-electron chi connectivity index (χ4n) is 4.52. The fourth-order valence-corrected chi connectivity index (χ4v) is 11.5. The molecule has 0 saturated heterocycles. The van der Waals surface area contributed by atoms with Crippen molar-refractivity contribution >= 4 is 51.5 Å². The summed E-state index contributed by atoms with van der Waals surface area (Å²) in [6.07, 6.45) is 12.5. The Labute approximate surface area is 294 Å². The van der Waals surface area contributed by atoms with Crippen molar-refractivity contribution in [1.82, 2.24) is 0 Å². The molecule has 0 aromatic heterocycles. The Kier molecular flexibility index (Phi) is 32.5. The van der Waals surface area contributed by atoms with E-state index in [2.05, 4.69) is 102 Å². The van der Waals surface area contributed by atoms with E-state index in [1.54, 1.807) is 0 Å². The summed E-state index contributed by atoms with van der Waals surface area (Å²) in [6.45, 7) is 3.20. The number of hydrogen-bond acceptors (Lipinski definition) is 7. The molecule has 3 aromatic carbocycles. The standard InChI is InChI=1S/2C12H21N2P.C12H13N2P.ClH2N/c3*13-8-4-10-15(11-5-9-14)12-6-2-1-3-7-12;1-2/h2*1-3,6-7H,4-5,8-11,13-14H2;1-3,6-7H,4-5,10-11H2;2H2. The van der Waals surface area contributed by atoms with E-state index in [0.717, 1.165) is 64.2 Å². The molecular weight excluding hydrogens is 659 g/mol. The van der Waals surface area contributed by atoms with E-state index < -0.39 is 0 Å². The Morgan fingerprint density at radius 3 is 0.872 bits per heavy atom. The van der Waals surface area contributed by atoms with Crippen LogP contribution >= 0.6 is 35.5 Å². The quantitative estimate of drug-likeness (QED) is 0.0780. The molecule has 0 aliphatic heterocycles. The number of nitriles is 2. The molecule has 0 aliphatic rings. The summed E-state index contributed by atoms with van der Waals surface area (Å²) >= 11 is 4.14. The molecule has 3 rings (SSSR count). The summed E-state index contributed by atoms with van der Waals surface area (Å²) in [4.78, 5) is 0. The molecule has 0 bridgehead atoms. The van der Waals surface area contributed by atoms with Crippen LogP contribution in [0.1, 0.15) is 38.5 Å². The SMILES string of the molecule is N#CCCP(CCC#N)c1ccccc1.NCCCP(CCCN)c1ccccc1.NCCCP(CCCN)c1ccccc1.NCl. The number of benzene rings is 3. The molecule has 10 N–H and O–H groups in total. The summed E-state index contributed by atoms with van der Waals surface area (Å²) < 4.78 is 0. The van der Waals surface area contributed by atoms with Gasteiger partial charge in [-0.3, -0.25) is 0 Å². The minimum absolute atomic E-state index is 0.0275. The second-order valence-electron chi connectivity index (χ2n) is 10.4. The Hall–Kier alpha value is -1.98. The third kappa shape index (κ3) is 23.1. The number of nitrogens with zero attached hydrogens (tertiary/aromatic N) is 2. The maximum Gasteiger partial charge on any atom is 0.0625 e. The van der Waals surface area contributed by atoms with Gasteiger partial charge in [0.2, 0.25) is 0 Å². The van der Waals surface area contributed by atoms with E-state index in [1.807, 2.05) is 18.2 Å². The molecule has 258 valence electrons. The second kappa shape index (κ2) is 33.9. The molecule has 0 unspecified atom stereocenters. The first kappa shape index (κ1) is 45.0. The maximum absolute atomic E-state index is 8.58. The zero-order chi connectivity index (χ0) is 34.8. The summed E-state index contributed by atoms with van der Waals surface area (Å²) in [5.74, 6) is 0. The zero-order valence-corrected chi connectivity index (χ0v) is 31.4. The lowest BCUT2D eigenvalue weighted by Gasteiger charge is -2.17. The summed E-state index contributed by atoms with van der Waals surface area (Å²) in [5.41, 5.74) is 22.3. The molecule has 47 heavy (non-hydrogen) atoms. The summed E-state index contributed by atoms with van der Waals surface area (Å²) in [5, 5.41) is 25.4. The van der Waals surface area contributed by atoms with Crippen LogP contribution in [-0.2, 0) is 0 Å². The van der Waals surface area contributed by atoms with E-state index in [0.29, 0.717) is 12.8 Å². The van der Waals surface area contributed by atoms with E-state index >= 15 is 0 Å². The molecule has 0 atom stereocenters. The average molecular weight is 716 g/mol. The summed E-state index contributed by atoms with van der Waals surface area (Å²) in [6, 6.07) is 36.1. The molecule has 0 heterocycles. The van der Waals surface area contributed by atoms with Gasteiger partial charge in [-0.1, -0.05) is 115 Å². The lowest BCUT2D eigenvalue weighted by molar-refractivity contribution is 0.916. The Bertz CT molecular complexity index is 1080. The number of halogens is 1. The van der Waals surface area contributed by atoms with Gasteiger partial charge in [0.15, 0.2) is 0 Å². The predicted octanol–water partition coefficient (Wildman–Crippen LogP) is 5.70. The van der Waals surface area contributed by atoms with Crippen molar-refractivity contribution in [3.63, 3.8) is 0 Å². The first-order valence-corrected chi connectivity index (χ1v) is 21.9. The van der Waals surface area contributed by atoms with Crippen LogP contribution in [0.3, 0.4) is 0 Å². The minimum atomic E-state index is -0.313. The molecule has 0 amide bonds. The molecule has 0 radical (unpaired) electrons. The molecule has 0 spiro atoms. The molecule has 0 aliphatic carbocycles. The van der Waals surface area contributed by atoms with E-state index in [-0.39, 0.29) is 23.8 Å². The lowest BCUT2D eigenvalue weighted by atomic mass is 10.4. The maximum atomic E-state index is 8.58. The second-order valence-corrected chi connectivity index (χ2v) is 17.8. The molecule has 7 nitrogen and oxygen atoms in total. The van der Waals surface area contributed by atoms with Gasteiger partial charge in [-0.2, -0.15) is 10.5 Å². The van der Waals surface area contributed by atoms with Gasteiger partial charge in [-0.15, -0.1) is 0 Å². The minimum Gasteiger partial charge on any atom is -0.330 e. The van der Waals surface area contributed by atoms with Gasteiger partial charge < -0.3 is 22.9 Å². The third-order valence-corrected chi connectivity index (χ3v) is 14.9. The first-order chi connectivity index (χ1) is 23.1. The highest BCUT2D eigenvalue weighted by Gasteiger charge is 2.11. The van der Waals surface area contributed by atoms with Gasteiger partial charge >= 0.3 is 0 Å². The van der Waals surface area contributed by atoms with Crippen molar-refractivity contribution in [3.8, 4) is 12.1 Å². The van der Waals surface area contributed by atoms with Gasteiger partial charge in [0, 0.05) is 12.8 Å². The summed E-state index contributed by atoms with van der Waals surface area (Å²) in [7, 11) is -0.368. The van der Waals surface area contributed by atoms with Crippen LogP contribution in [-0.4, -0.2) is 63.2 Å². The monoisotopic (exact) mass is 715 g/mol. The van der Waals surface area contributed by atoms with Gasteiger partial charge in [0.05, 0.1) is 12.1 Å². The van der Waals surface area contributed by atoms with Crippen molar-refractivity contribution in [2.24, 2.45) is 28.2 Å². The Morgan fingerprint density at radius 1 is 0.426 bits per heavy atom. The molecule has 0 fully saturated rings. The van der Waals surface area contributed by atoms with Crippen molar-refractivity contribution in [1.29, 1.82) is 10.5 Å². The van der Waals surface area contributed by atoms with Crippen LogP contribution in [0.25, 0.3) is 0 Å². The zero-order valence-electron chi connectivity index (χ0n) is 28.0. The van der Waals surface area contributed by atoms with Crippen molar-refractivity contribution < 1.29 is 0 Å². The predicted molar refractivity (Wildman–Crippen MR) is 213 cm³/mol. The fraction of sp³-hybridized carbons (Fsp3) is 0.444.